The number of benzene rings is 2. The number of hydrogen-bond acceptors (Lipinski definition) is 4. The van der Waals surface area contributed by atoms with E-state index in [0.717, 1.165) is 28.3 Å². The van der Waals surface area contributed by atoms with Gasteiger partial charge in [-0.3, -0.25) is 9.10 Å². The molecule has 0 fully saturated rings. The lowest BCUT2D eigenvalue weighted by Crippen LogP contribution is -2.48. The fourth-order valence-corrected chi connectivity index (χ4v) is 4.01. The molecule has 146 valence electrons. The number of para-hydroxylation sites is 1. The minimum atomic E-state index is -3.76. The van der Waals surface area contributed by atoms with Gasteiger partial charge in [-0.15, -0.1) is 0 Å². The van der Waals surface area contributed by atoms with Crippen molar-refractivity contribution in [2.45, 2.75) is 25.9 Å². The highest BCUT2D eigenvalue weighted by Crippen LogP contribution is 2.25. The molecule has 0 unspecified atom stereocenters. The van der Waals surface area contributed by atoms with Gasteiger partial charge < -0.3 is 10.1 Å². The Bertz CT molecular complexity index is 900. The fourth-order valence-electron chi connectivity index (χ4n) is 2.83. The van der Waals surface area contributed by atoms with Gasteiger partial charge in [0.1, 0.15) is 17.6 Å². The maximum atomic E-state index is 13.2. The van der Waals surface area contributed by atoms with Crippen molar-refractivity contribution in [1.29, 1.82) is 0 Å². The Morgan fingerprint density at radius 2 is 1.70 bits per heavy atom. The molecule has 2 atom stereocenters. The topological polar surface area (TPSA) is 75.7 Å². The van der Waals surface area contributed by atoms with Crippen molar-refractivity contribution in [1.82, 2.24) is 5.32 Å². The number of nitrogens with zero attached hydrogens (tertiary/aromatic N) is 1. The Hall–Kier alpha value is -2.61. The van der Waals surface area contributed by atoms with Crippen LogP contribution in [0.15, 0.2) is 48.5 Å². The molecule has 0 aliphatic heterocycles. The minimum absolute atomic E-state index is 0.214. The maximum Gasteiger partial charge on any atom is 0.244 e. The van der Waals surface area contributed by atoms with Crippen molar-refractivity contribution < 1.29 is 22.3 Å². The molecular weight excluding hydrogens is 371 g/mol. The van der Waals surface area contributed by atoms with Gasteiger partial charge in [-0.05, 0) is 44.2 Å². The Labute approximate surface area is 159 Å². The summed E-state index contributed by atoms with van der Waals surface area (Å²) in [4.78, 5) is 12.7. The van der Waals surface area contributed by atoms with Crippen molar-refractivity contribution in [2.24, 2.45) is 0 Å². The molecule has 0 aliphatic rings. The van der Waals surface area contributed by atoms with Crippen molar-refractivity contribution in [3.8, 4) is 5.75 Å². The third-order valence-corrected chi connectivity index (χ3v) is 5.38. The number of halogens is 1. The van der Waals surface area contributed by atoms with Crippen LogP contribution in [0, 0.1) is 5.82 Å². The molecule has 0 spiro atoms. The van der Waals surface area contributed by atoms with E-state index in [1.807, 2.05) is 18.2 Å². The molecule has 27 heavy (non-hydrogen) atoms. The molecule has 2 aromatic rings. The van der Waals surface area contributed by atoms with E-state index in [2.05, 4.69) is 5.32 Å². The van der Waals surface area contributed by atoms with Gasteiger partial charge in [0.25, 0.3) is 0 Å². The van der Waals surface area contributed by atoms with Crippen LogP contribution in [0.5, 0.6) is 5.75 Å². The number of carbonyl (C=O) groups excluding carboxylic acids is 1. The van der Waals surface area contributed by atoms with Crippen molar-refractivity contribution >= 4 is 21.6 Å². The number of anilines is 1. The predicted molar refractivity (Wildman–Crippen MR) is 103 cm³/mol. The second kappa shape index (κ2) is 8.39. The average molecular weight is 394 g/mol. The lowest BCUT2D eigenvalue weighted by Gasteiger charge is -2.29. The third kappa shape index (κ3) is 4.97. The van der Waals surface area contributed by atoms with E-state index in [1.54, 1.807) is 13.0 Å². The molecule has 2 rings (SSSR count). The smallest absolute Gasteiger partial charge is 0.244 e. The number of sulfonamides is 1. The summed E-state index contributed by atoms with van der Waals surface area (Å²) in [7, 11) is -2.23. The summed E-state index contributed by atoms with van der Waals surface area (Å²) in [5.74, 6) is -0.353. The van der Waals surface area contributed by atoms with Crippen LogP contribution in [0.25, 0.3) is 0 Å². The standard InChI is InChI=1S/C19H23FN2O4S/c1-13(17-7-5-6-8-18(17)26-3)21-19(23)14(2)22(27(4,24)25)16-11-9-15(20)10-12-16/h5-14H,1-4H3,(H,21,23)/t13-,14+/m0/s1. The number of carbonyl (C=O) groups is 1. The number of rotatable bonds is 7. The van der Waals surface area contributed by atoms with Crippen LogP contribution >= 0.6 is 0 Å². The van der Waals surface area contributed by atoms with E-state index in [-0.39, 0.29) is 5.69 Å². The zero-order chi connectivity index (χ0) is 20.2. The fraction of sp³-hybridized carbons (Fsp3) is 0.316. The molecule has 2 aromatic carbocycles. The van der Waals surface area contributed by atoms with E-state index in [9.17, 15) is 17.6 Å². The first-order chi connectivity index (χ1) is 12.6. The van der Waals surface area contributed by atoms with Crippen molar-refractivity contribution in [2.75, 3.05) is 17.7 Å². The van der Waals surface area contributed by atoms with Crippen LogP contribution in [0.3, 0.4) is 0 Å². The molecule has 0 bridgehead atoms. The predicted octanol–water partition coefficient (Wildman–Crippen LogP) is 2.87. The first kappa shape index (κ1) is 20.7. The molecule has 8 heteroatoms. The highest BCUT2D eigenvalue weighted by atomic mass is 32.2. The van der Waals surface area contributed by atoms with Gasteiger partial charge in [0.05, 0.1) is 25.1 Å². The molecule has 0 heterocycles. The molecule has 0 saturated heterocycles. The lowest BCUT2D eigenvalue weighted by atomic mass is 10.1. The molecule has 0 radical (unpaired) electrons. The van der Waals surface area contributed by atoms with E-state index in [0.29, 0.717) is 5.75 Å². The van der Waals surface area contributed by atoms with Crippen LogP contribution in [-0.2, 0) is 14.8 Å². The van der Waals surface area contributed by atoms with Gasteiger partial charge in [0, 0.05) is 5.56 Å². The summed E-state index contributed by atoms with van der Waals surface area (Å²) in [5.41, 5.74) is 0.986. The zero-order valence-corrected chi connectivity index (χ0v) is 16.5. The van der Waals surface area contributed by atoms with Crippen LogP contribution in [0.4, 0.5) is 10.1 Å². The van der Waals surface area contributed by atoms with Crippen molar-refractivity contribution in [3.05, 3.63) is 59.9 Å². The van der Waals surface area contributed by atoms with Gasteiger partial charge in [-0.25, -0.2) is 12.8 Å². The van der Waals surface area contributed by atoms with E-state index < -0.39 is 33.8 Å². The maximum absolute atomic E-state index is 13.2. The summed E-state index contributed by atoms with van der Waals surface area (Å²) < 4.78 is 43.9. The molecular formula is C19H23FN2O4S. The summed E-state index contributed by atoms with van der Waals surface area (Å²) >= 11 is 0. The zero-order valence-electron chi connectivity index (χ0n) is 15.6. The number of amides is 1. The van der Waals surface area contributed by atoms with Crippen LogP contribution < -0.4 is 14.4 Å². The molecule has 6 nitrogen and oxygen atoms in total. The van der Waals surface area contributed by atoms with Crippen molar-refractivity contribution in [3.63, 3.8) is 0 Å². The Balaban J connectivity index is 2.26. The molecule has 0 aromatic heterocycles. The van der Waals surface area contributed by atoms with E-state index in [4.69, 9.17) is 4.74 Å². The number of nitrogens with one attached hydrogen (secondary N) is 1. The molecule has 1 amide bonds. The Morgan fingerprint density at radius 1 is 1.11 bits per heavy atom. The third-order valence-electron chi connectivity index (χ3n) is 4.13. The number of ether oxygens (including phenoxy) is 1. The normalized spacial score (nSPS) is 13.5. The summed E-state index contributed by atoms with van der Waals surface area (Å²) in [6.45, 7) is 3.26. The molecule has 1 N–H and O–H groups in total. The summed E-state index contributed by atoms with van der Waals surface area (Å²) in [6, 6.07) is 10.8. The second-order valence-electron chi connectivity index (χ2n) is 6.18. The quantitative estimate of drug-likeness (QED) is 0.784. The summed E-state index contributed by atoms with van der Waals surface area (Å²) in [6.07, 6.45) is 1.00. The number of hydrogen-bond donors (Lipinski definition) is 1. The van der Waals surface area contributed by atoms with Crippen LogP contribution in [0.2, 0.25) is 0 Å². The van der Waals surface area contributed by atoms with Gasteiger partial charge in [0.2, 0.25) is 15.9 Å². The van der Waals surface area contributed by atoms with Crippen LogP contribution in [-0.4, -0.2) is 33.7 Å². The first-order valence-corrected chi connectivity index (χ1v) is 10.2. The molecule has 0 aliphatic carbocycles. The Kier molecular flexibility index (Phi) is 6.43. The summed E-state index contributed by atoms with van der Waals surface area (Å²) in [5, 5.41) is 2.81. The van der Waals surface area contributed by atoms with Gasteiger partial charge >= 0.3 is 0 Å². The minimum Gasteiger partial charge on any atom is -0.496 e. The second-order valence-corrected chi connectivity index (χ2v) is 8.04. The van der Waals surface area contributed by atoms with Crippen LogP contribution in [0.1, 0.15) is 25.5 Å². The SMILES string of the molecule is COc1ccccc1[C@H](C)NC(=O)[C@@H](C)N(c1ccc(F)cc1)S(C)(=O)=O. The van der Waals surface area contributed by atoms with E-state index >= 15 is 0 Å². The molecule has 0 saturated carbocycles. The van der Waals surface area contributed by atoms with Gasteiger partial charge in [0.15, 0.2) is 0 Å². The largest absolute Gasteiger partial charge is 0.496 e. The first-order valence-electron chi connectivity index (χ1n) is 8.33. The average Bonchev–Trinajstić information content (AvgIpc) is 2.62. The monoisotopic (exact) mass is 394 g/mol. The number of methoxy groups -OCH3 is 1. The van der Waals surface area contributed by atoms with E-state index in [1.165, 1.54) is 26.2 Å². The van der Waals surface area contributed by atoms with Gasteiger partial charge in [-0.1, -0.05) is 18.2 Å². The highest BCUT2D eigenvalue weighted by molar-refractivity contribution is 7.92. The van der Waals surface area contributed by atoms with Gasteiger partial charge in [-0.2, -0.15) is 0 Å². The highest BCUT2D eigenvalue weighted by Gasteiger charge is 2.30. The lowest BCUT2D eigenvalue weighted by molar-refractivity contribution is -0.122. The Morgan fingerprint density at radius 3 is 2.26 bits per heavy atom.